The summed E-state index contributed by atoms with van der Waals surface area (Å²) >= 11 is 0. The molecule has 3 aliphatic heterocycles. The van der Waals surface area contributed by atoms with Crippen molar-refractivity contribution in [2.75, 3.05) is 35.3 Å². The standard InChI is InChI=1S/C17H15FN4O5/c1-21-14(23)7-25-16-8-4-11-12(6-19-13-2-3-26-20-13)27-17(24)22(11)10(8)5-9(18)15(16)21/h2-3,5,11-12H,4,6-7H2,1H3,(H,19,20)/t11-,12-/m0/s1. The van der Waals surface area contributed by atoms with Crippen molar-refractivity contribution in [1.82, 2.24) is 5.16 Å². The Morgan fingerprint density at radius 1 is 1.41 bits per heavy atom. The number of nitrogens with zero attached hydrogens (tertiary/aromatic N) is 3. The number of ether oxygens (including phenoxy) is 2. The van der Waals surface area contributed by atoms with E-state index in [9.17, 15) is 14.0 Å². The van der Waals surface area contributed by atoms with Gasteiger partial charge in [-0.15, -0.1) is 0 Å². The molecule has 5 rings (SSSR count). The Bertz CT molecular complexity index is 947. The van der Waals surface area contributed by atoms with Crippen molar-refractivity contribution in [3.05, 3.63) is 29.8 Å². The number of hydrogen-bond acceptors (Lipinski definition) is 7. The summed E-state index contributed by atoms with van der Waals surface area (Å²) in [6, 6.07) is 2.62. The summed E-state index contributed by atoms with van der Waals surface area (Å²) in [6.45, 7) is 0.170. The lowest BCUT2D eigenvalue weighted by Gasteiger charge is -2.28. The Morgan fingerprint density at radius 3 is 3.04 bits per heavy atom. The van der Waals surface area contributed by atoms with Crippen molar-refractivity contribution in [2.45, 2.75) is 18.6 Å². The molecule has 140 valence electrons. The number of carbonyl (C=O) groups excluding carboxylic acids is 2. The van der Waals surface area contributed by atoms with Crippen LogP contribution in [0, 0.1) is 5.82 Å². The molecule has 1 saturated heterocycles. The first kappa shape index (κ1) is 15.9. The minimum absolute atomic E-state index is 0.108. The monoisotopic (exact) mass is 374 g/mol. The van der Waals surface area contributed by atoms with Crippen LogP contribution in [0.5, 0.6) is 5.75 Å². The fraction of sp³-hybridized carbons (Fsp3) is 0.353. The summed E-state index contributed by atoms with van der Waals surface area (Å²) in [5.41, 5.74) is 1.24. The second-order valence-corrected chi connectivity index (χ2v) is 6.60. The molecule has 9 nitrogen and oxygen atoms in total. The van der Waals surface area contributed by atoms with E-state index in [2.05, 4.69) is 10.5 Å². The minimum Gasteiger partial charge on any atom is -0.481 e. The van der Waals surface area contributed by atoms with Crippen molar-refractivity contribution in [3.8, 4) is 5.75 Å². The van der Waals surface area contributed by atoms with Gasteiger partial charge in [0, 0.05) is 31.2 Å². The number of fused-ring (bicyclic) bond motifs is 5. The van der Waals surface area contributed by atoms with Gasteiger partial charge in [0.1, 0.15) is 18.1 Å². The van der Waals surface area contributed by atoms with Gasteiger partial charge in [-0.1, -0.05) is 5.16 Å². The van der Waals surface area contributed by atoms with Crippen LogP contribution >= 0.6 is 0 Å². The molecule has 10 heteroatoms. The molecule has 4 heterocycles. The molecule has 0 radical (unpaired) electrons. The van der Waals surface area contributed by atoms with Crippen molar-refractivity contribution in [1.29, 1.82) is 0 Å². The maximum Gasteiger partial charge on any atom is 0.415 e. The average molecular weight is 374 g/mol. The van der Waals surface area contributed by atoms with Gasteiger partial charge in [0.05, 0.1) is 18.3 Å². The molecule has 0 spiro atoms. The predicted octanol–water partition coefficient (Wildman–Crippen LogP) is 1.53. The molecule has 2 aromatic rings. The number of carbonyl (C=O) groups is 2. The van der Waals surface area contributed by atoms with Gasteiger partial charge in [0.25, 0.3) is 5.91 Å². The molecule has 2 atom stereocenters. The number of halogens is 1. The van der Waals surface area contributed by atoms with Gasteiger partial charge in [0.15, 0.2) is 24.0 Å². The average Bonchev–Trinajstić information content (AvgIpc) is 3.34. The zero-order chi connectivity index (χ0) is 18.7. The van der Waals surface area contributed by atoms with E-state index in [0.717, 1.165) is 0 Å². The van der Waals surface area contributed by atoms with Crippen LogP contribution < -0.4 is 19.9 Å². The third kappa shape index (κ3) is 2.25. The van der Waals surface area contributed by atoms with Gasteiger partial charge in [-0.3, -0.25) is 9.69 Å². The van der Waals surface area contributed by atoms with Gasteiger partial charge in [-0.2, -0.15) is 0 Å². The van der Waals surface area contributed by atoms with E-state index in [1.165, 1.54) is 29.2 Å². The van der Waals surface area contributed by atoms with E-state index in [1.54, 1.807) is 6.07 Å². The fourth-order valence-corrected chi connectivity index (χ4v) is 3.84. The second-order valence-electron chi connectivity index (χ2n) is 6.60. The third-order valence-corrected chi connectivity index (χ3v) is 5.14. The molecule has 3 aliphatic rings. The van der Waals surface area contributed by atoms with E-state index < -0.39 is 18.0 Å². The molecular weight excluding hydrogens is 359 g/mol. The van der Waals surface area contributed by atoms with Gasteiger partial charge < -0.3 is 24.2 Å². The van der Waals surface area contributed by atoms with Gasteiger partial charge in [0.2, 0.25) is 0 Å². The summed E-state index contributed by atoms with van der Waals surface area (Å²) in [7, 11) is 1.51. The minimum atomic E-state index is -0.614. The normalized spacial score (nSPS) is 22.9. The Labute approximate surface area is 152 Å². The van der Waals surface area contributed by atoms with Crippen molar-refractivity contribution >= 4 is 29.2 Å². The van der Waals surface area contributed by atoms with E-state index in [4.69, 9.17) is 14.0 Å². The van der Waals surface area contributed by atoms with Crippen LogP contribution in [0.25, 0.3) is 0 Å². The smallest absolute Gasteiger partial charge is 0.415 e. The number of benzene rings is 1. The Hall–Kier alpha value is -3.30. The zero-order valence-electron chi connectivity index (χ0n) is 14.3. The predicted molar refractivity (Wildman–Crippen MR) is 90.5 cm³/mol. The SMILES string of the molecule is CN1C(=O)COc2c3c(cc(F)c21)N1C(=O)O[C@@H](CNc2ccon2)[C@@H]1C3. The highest BCUT2D eigenvalue weighted by atomic mass is 19.1. The molecule has 1 aromatic heterocycles. The van der Waals surface area contributed by atoms with Crippen molar-refractivity contribution < 1.29 is 28.0 Å². The lowest BCUT2D eigenvalue weighted by Crippen LogP contribution is -2.37. The van der Waals surface area contributed by atoms with Crippen LogP contribution in [-0.4, -0.2) is 49.5 Å². The number of amides is 2. The molecule has 0 aliphatic carbocycles. The molecule has 1 fully saturated rings. The number of nitrogens with one attached hydrogen (secondary N) is 1. The Morgan fingerprint density at radius 2 is 2.26 bits per heavy atom. The Balaban J connectivity index is 1.48. The van der Waals surface area contributed by atoms with Crippen LogP contribution in [0.1, 0.15) is 5.56 Å². The number of rotatable bonds is 3. The second kappa shape index (κ2) is 5.60. The fourth-order valence-electron chi connectivity index (χ4n) is 3.84. The van der Waals surface area contributed by atoms with Crippen LogP contribution in [-0.2, 0) is 16.0 Å². The summed E-state index contributed by atoms with van der Waals surface area (Å²) in [6.07, 6.45) is 0.885. The van der Waals surface area contributed by atoms with E-state index >= 15 is 0 Å². The highest BCUT2D eigenvalue weighted by Gasteiger charge is 2.50. The van der Waals surface area contributed by atoms with Gasteiger partial charge in [-0.05, 0) is 0 Å². The van der Waals surface area contributed by atoms with E-state index in [-0.39, 0.29) is 24.2 Å². The first-order chi connectivity index (χ1) is 13.0. The molecule has 1 N–H and O–H groups in total. The maximum absolute atomic E-state index is 14.7. The molecule has 1 aromatic carbocycles. The van der Waals surface area contributed by atoms with Crippen molar-refractivity contribution in [3.63, 3.8) is 0 Å². The van der Waals surface area contributed by atoms with Crippen LogP contribution in [0.4, 0.5) is 26.4 Å². The molecule has 2 amide bonds. The number of hydrogen-bond donors (Lipinski definition) is 1. The Kier molecular flexibility index (Phi) is 3.30. The van der Waals surface area contributed by atoms with Crippen LogP contribution in [0.3, 0.4) is 0 Å². The largest absolute Gasteiger partial charge is 0.481 e. The summed E-state index contributed by atoms with van der Waals surface area (Å²) in [5, 5.41) is 6.80. The van der Waals surface area contributed by atoms with Gasteiger partial charge >= 0.3 is 6.09 Å². The molecule has 27 heavy (non-hydrogen) atoms. The number of aromatic nitrogens is 1. The lowest BCUT2D eigenvalue weighted by molar-refractivity contribution is -0.121. The molecule has 0 unspecified atom stereocenters. The van der Waals surface area contributed by atoms with Gasteiger partial charge in [-0.25, -0.2) is 9.18 Å². The first-order valence-electron chi connectivity index (χ1n) is 8.43. The zero-order valence-corrected chi connectivity index (χ0v) is 14.3. The van der Waals surface area contributed by atoms with Crippen molar-refractivity contribution in [2.24, 2.45) is 0 Å². The quantitative estimate of drug-likeness (QED) is 0.870. The molecular formula is C17H15FN4O5. The summed E-state index contributed by atoms with van der Waals surface area (Å²) in [4.78, 5) is 26.9. The highest BCUT2D eigenvalue weighted by Crippen LogP contribution is 2.49. The van der Waals surface area contributed by atoms with Crippen LogP contribution in [0.15, 0.2) is 22.9 Å². The molecule has 0 saturated carbocycles. The number of likely N-dealkylation sites (N-methyl/N-ethyl adjacent to an activating group) is 1. The summed E-state index contributed by atoms with van der Waals surface area (Å²) < 4.78 is 30.4. The first-order valence-corrected chi connectivity index (χ1v) is 8.43. The topological polar surface area (TPSA) is 97.1 Å². The van der Waals surface area contributed by atoms with E-state index in [0.29, 0.717) is 35.8 Å². The molecule has 0 bridgehead atoms. The maximum atomic E-state index is 14.7. The lowest BCUT2D eigenvalue weighted by atomic mass is 10.0. The highest BCUT2D eigenvalue weighted by molar-refractivity contribution is 6.01. The number of anilines is 3. The number of cyclic esters (lactones) is 1. The van der Waals surface area contributed by atoms with Crippen LogP contribution in [0.2, 0.25) is 0 Å². The summed E-state index contributed by atoms with van der Waals surface area (Å²) in [5.74, 6) is -0.0877. The van der Waals surface area contributed by atoms with E-state index in [1.807, 2.05) is 0 Å². The third-order valence-electron chi connectivity index (χ3n) is 5.14.